The molecule has 0 aliphatic rings. The SMILES string of the molecule is C=C=C/C=C\C(=C)c1ccccc1. The van der Waals surface area contributed by atoms with Gasteiger partial charge in [-0.25, -0.2) is 0 Å². The molecular weight excluding hydrogens is 156 g/mol. The summed E-state index contributed by atoms with van der Waals surface area (Å²) >= 11 is 0. The Hall–Kier alpha value is -1.78. The second-order valence-electron chi connectivity index (χ2n) is 2.62. The Morgan fingerprint density at radius 3 is 2.54 bits per heavy atom. The predicted octanol–water partition coefficient (Wildman–Crippen LogP) is 3.60. The van der Waals surface area contributed by atoms with Crippen molar-refractivity contribution in [2.75, 3.05) is 0 Å². The predicted molar refractivity (Wildman–Crippen MR) is 58.3 cm³/mol. The van der Waals surface area contributed by atoms with E-state index in [9.17, 15) is 0 Å². The van der Waals surface area contributed by atoms with E-state index in [1.54, 1.807) is 6.08 Å². The van der Waals surface area contributed by atoms with Crippen LogP contribution in [0.3, 0.4) is 0 Å². The zero-order chi connectivity index (χ0) is 9.52. The van der Waals surface area contributed by atoms with E-state index >= 15 is 0 Å². The average Bonchev–Trinajstić information content (AvgIpc) is 2.19. The Morgan fingerprint density at radius 2 is 1.92 bits per heavy atom. The number of rotatable bonds is 3. The van der Waals surface area contributed by atoms with Gasteiger partial charge >= 0.3 is 0 Å². The Morgan fingerprint density at radius 1 is 1.23 bits per heavy atom. The summed E-state index contributed by atoms with van der Waals surface area (Å²) < 4.78 is 0. The van der Waals surface area contributed by atoms with Crippen molar-refractivity contribution in [1.82, 2.24) is 0 Å². The monoisotopic (exact) mass is 168 g/mol. The molecule has 1 aromatic rings. The van der Waals surface area contributed by atoms with Gasteiger partial charge in [0, 0.05) is 0 Å². The number of benzene rings is 1. The lowest BCUT2D eigenvalue weighted by molar-refractivity contribution is 1.63. The molecular formula is C13H12. The van der Waals surface area contributed by atoms with Gasteiger partial charge in [-0.2, -0.15) is 0 Å². The van der Waals surface area contributed by atoms with E-state index in [2.05, 4.69) is 18.9 Å². The molecule has 0 nitrogen and oxygen atoms in total. The molecule has 13 heavy (non-hydrogen) atoms. The third-order valence-electron chi connectivity index (χ3n) is 1.66. The van der Waals surface area contributed by atoms with Gasteiger partial charge in [0.2, 0.25) is 0 Å². The summed E-state index contributed by atoms with van der Waals surface area (Å²) in [5, 5.41) is 0. The quantitative estimate of drug-likeness (QED) is 0.478. The third kappa shape index (κ3) is 2.98. The van der Waals surface area contributed by atoms with Gasteiger partial charge in [0.15, 0.2) is 0 Å². The standard InChI is InChI=1S/C13H12/c1-3-4-6-9-12(2)13-10-7-5-8-11-13/h4-11H,1-2H2/b9-6-. The highest BCUT2D eigenvalue weighted by Crippen LogP contribution is 2.12. The average molecular weight is 168 g/mol. The fraction of sp³-hybridized carbons (Fsp3) is 0. The van der Waals surface area contributed by atoms with Crippen molar-refractivity contribution < 1.29 is 0 Å². The first-order chi connectivity index (χ1) is 6.34. The minimum absolute atomic E-state index is 0.993. The molecule has 0 heterocycles. The van der Waals surface area contributed by atoms with Crippen LogP contribution in [0.4, 0.5) is 0 Å². The molecule has 0 atom stereocenters. The smallest absolute Gasteiger partial charge is 0.0190 e. The van der Waals surface area contributed by atoms with E-state index in [1.807, 2.05) is 42.5 Å². The molecule has 0 N–H and O–H groups in total. The Balaban J connectivity index is 2.75. The van der Waals surface area contributed by atoms with Crippen molar-refractivity contribution in [1.29, 1.82) is 0 Å². The van der Waals surface area contributed by atoms with Gasteiger partial charge in [-0.15, -0.1) is 5.73 Å². The largest absolute Gasteiger partial charge is 0.129 e. The van der Waals surface area contributed by atoms with Gasteiger partial charge in [-0.3, -0.25) is 0 Å². The normalized spacial score (nSPS) is 9.54. The third-order valence-corrected chi connectivity index (χ3v) is 1.66. The van der Waals surface area contributed by atoms with E-state index in [-0.39, 0.29) is 0 Å². The van der Waals surface area contributed by atoms with Gasteiger partial charge in [0.05, 0.1) is 0 Å². The topological polar surface area (TPSA) is 0 Å². The fourth-order valence-corrected chi connectivity index (χ4v) is 0.981. The van der Waals surface area contributed by atoms with Gasteiger partial charge in [0.25, 0.3) is 0 Å². The van der Waals surface area contributed by atoms with Gasteiger partial charge in [-0.1, -0.05) is 55.6 Å². The summed E-state index contributed by atoms with van der Waals surface area (Å²) in [5.74, 6) is 0. The second-order valence-corrected chi connectivity index (χ2v) is 2.62. The maximum absolute atomic E-state index is 3.94. The summed E-state index contributed by atoms with van der Waals surface area (Å²) in [4.78, 5) is 0. The molecule has 0 saturated heterocycles. The molecule has 0 aliphatic carbocycles. The van der Waals surface area contributed by atoms with E-state index in [1.165, 1.54) is 0 Å². The van der Waals surface area contributed by atoms with Crippen LogP contribution in [0, 0.1) is 0 Å². The first kappa shape index (κ1) is 9.31. The van der Waals surface area contributed by atoms with E-state index in [0.29, 0.717) is 0 Å². The minimum Gasteiger partial charge on any atom is -0.129 e. The van der Waals surface area contributed by atoms with Gasteiger partial charge in [-0.05, 0) is 17.2 Å². The molecule has 0 saturated carbocycles. The highest BCUT2D eigenvalue weighted by atomic mass is 13.9. The second kappa shape index (κ2) is 4.97. The van der Waals surface area contributed by atoms with Crippen LogP contribution in [0.5, 0.6) is 0 Å². The summed E-state index contributed by atoms with van der Waals surface area (Å²) in [5.41, 5.74) is 4.80. The van der Waals surface area contributed by atoms with Crippen LogP contribution in [0.15, 0.2) is 67.4 Å². The van der Waals surface area contributed by atoms with Gasteiger partial charge < -0.3 is 0 Å². The first-order valence-electron chi connectivity index (χ1n) is 4.11. The van der Waals surface area contributed by atoms with E-state index in [0.717, 1.165) is 11.1 Å². The molecule has 1 aromatic carbocycles. The Kier molecular flexibility index (Phi) is 3.56. The van der Waals surface area contributed by atoms with E-state index < -0.39 is 0 Å². The lowest BCUT2D eigenvalue weighted by atomic mass is 10.1. The highest BCUT2D eigenvalue weighted by Gasteiger charge is 1.90. The van der Waals surface area contributed by atoms with Crippen LogP contribution in [-0.4, -0.2) is 0 Å². The lowest BCUT2D eigenvalue weighted by Crippen LogP contribution is -1.75. The summed E-state index contributed by atoms with van der Waals surface area (Å²) in [6, 6.07) is 10.0. The minimum atomic E-state index is 0.993. The number of hydrogen-bond acceptors (Lipinski definition) is 0. The van der Waals surface area contributed by atoms with Crippen LogP contribution in [0.25, 0.3) is 5.57 Å². The maximum Gasteiger partial charge on any atom is -0.0190 e. The highest BCUT2D eigenvalue weighted by molar-refractivity contribution is 5.72. The Bertz CT molecular complexity index is 349. The molecule has 0 unspecified atom stereocenters. The molecule has 0 heteroatoms. The number of hydrogen-bond donors (Lipinski definition) is 0. The molecule has 0 aliphatic heterocycles. The maximum atomic E-state index is 3.94. The fourth-order valence-electron chi connectivity index (χ4n) is 0.981. The van der Waals surface area contributed by atoms with Crippen LogP contribution in [0.1, 0.15) is 5.56 Å². The van der Waals surface area contributed by atoms with Crippen molar-refractivity contribution in [3.8, 4) is 0 Å². The zero-order valence-corrected chi connectivity index (χ0v) is 7.53. The van der Waals surface area contributed by atoms with Gasteiger partial charge in [0.1, 0.15) is 0 Å². The van der Waals surface area contributed by atoms with Crippen molar-refractivity contribution in [3.63, 3.8) is 0 Å². The molecule has 0 aromatic heterocycles. The van der Waals surface area contributed by atoms with Crippen molar-refractivity contribution in [2.24, 2.45) is 0 Å². The molecule has 0 spiro atoms. The molecule has 0 amide bonds. The summed E-state index contributed by atoms with van der Waals surface area (Å²) in [7, 11) is 0. The van der Waals surface area contributed by atoms with E-state index in [4.69, 9.17) is 0 Å². The van der Waals surface area contributed by atoms with Crippen molar-refractivity contribution in [3.05, 3.63) is 73.0 Å². The van der Waals surface area contributed by atoms with Crippen molar-refractivity contribution in [2.45, 2.75) is 0 Å². The summed E-state index contributed by atoms with van der Waals surface area (Å²) in [6.45, 7) is 7.41. The first-order valence-corrected chi connectivity index (χ1v) is 4.11. The van der Waals surface area contributed by atoms with Crippen molar-refractivity contribution >= 4 is 5.57 Å². The van der Waals surface area contributed by atoms with Crippen LogP contribution >= 0.6 is 0 Å². The number of allylic oxidation sites excluding steroid dienone is 4. The van der Waals surface area contributed by atoms with Crippen LogP contribution in [0.2, 0.25) is 0 Å². The zero-order valence-electron chi connectivity index (χ0n) is 7.53. The lowest BCUT2D eigenvalue weighted by Gasteiger charge is -1.97. The molecule has 64 valence electrons. The Labute approximate surface area is 79.2 Å². The molecule has 0 fully saturated rings. The van der Waals surface area contributed by atoms with Crippen LogP contribution < -0.4 is 0 Å². The summed E-state index contributed by atoms with van der Waals surface area (Å²) in [6.07, 6.45) is 5.57. The van der Waals surface area contributed by atoms with Crippen LogP contribution in [-0.2, 0) is 0 Å². The molecule has 0 bridgehead atoms. The molecule has 1 rings (SSSR count). The molecule has 0 radical (unpaired) electrons.